The molecule has 0 spiro atoms. The van der Waals surface area contributed by atoms with E-state index in [0.717, 1.165) is 16.3 Å². The van der Waals surface area contributed by atoms with Crippen molar-refractivity contribution in [3.63, 3.8) is 0 Å². The third-order valence-corrected chi connectivity index (χ3v) is 6.35. The minimum absolute atomic E-state index is 0.167. The maximum Gasteiger partial charge on any atom is 0.261 e. The van der Waals surface area contributed by atoms with E-state index in [-0.39, 0.29) is 17.2 Å². The molecular formula is C25H22N2O4S. The fourth-order valence-electron chi connectivity index (χ4n) is 3.30. The van der Waals surface area contributed by atoms with Crippen LogP contribution >= 0.6 is 0 Å². The molecule has 7 heteroatoms. The van der Waals surface area contributed by atoms with Crippen LogP contribution in [0.15, 0.2) is 95.9 Å². The predicted octanol–water partition coefficient (Wildman–Crippen LogP) is 4.83. The fourth-order valence-corrected chi connectivity index (χ4v) is 4.40. The Bertz CT molecular complexity index is 1350. The summed E-state index contributed by atoms with van der Waals surface area (Å²) in [6.07, 6.45) is 0.170. The molecule has 4 aromatic rings. The molecule has 0 fully saturated rings. The van der Waals surface area contributed by atoms with Crippen molar-refractivity contribution >= 4 is 38.1 Å². The van der Waals surface area contributed by atoms with Gasteiger partial charge in [0.1, 0.15) is 5.75 Å². The van der Waals surface area contributed by atoms with Crippen molar-refractivity contribution in [1.82, 2.24) is 0 Å². The van der Waals surface area contributed by atoms with Gasteiger partial charge in [0.15, 0.2) is 0 Å². The molecule has 0 aromatic heterocycles. The number of hydrogen-bond donors (Lipinski definition) is 2. The van der Waals surface area contributed by atoms with Gasteiger partial charge < -0.3 is 10.1 Å². The Labute approximate surface area is 186 Å². The molecule has 1 amide bonds. The van der Waals surface area contributed by atoms with Crippen LogP contribution in [0, 0.1) is 0 Å². The van der Waals surface area contributed by atoms with Crippen molar-refractivity contribution in [2.24, 2.45) is 0 Å². The molecule has 4 rings (SSSR count). The summed E-state index contributed by atoms with van der Waals surface area (Å²) < 4.78 is 33.2. The predicted molar refractivity (Wildman–Crippen MR) is 127 cm³/mol. The molecular weight excluding hydrogens is 424 g/mol. The standard InChI is InChI=1S/C25H22N2O4S/c1-31-23-13-11-21(12-14-23)26-25(28)16-18-6-9-22(10-7-18)27-32(29,30)24-15-8-19-4-2-3-5-20(19)17-24/h2-15,17,27H,16H2,1H3,(H,26,28). The first-order chi connectivity index (χ1) is 15.4. The second-order valence-corrected chi connectivity index (χ2v) is 8.95. The van der Waals surface area contributed by atoms with Gasteiger partial charge in [-0.25, -0.2) is 8.42 Å². The average Bonchev–Trinajstić information content (AvgIpc) is 2.80. The number of ether oxygens (including phenoxy) is 1. The number of hydrogen-bond acceptors (Lipinski definition) is 4. The summed E-state index contributed by atoms with van der Waals surface area (Å²) >= 11 is 0. The van der Waals surface area contributed by atoms with Gasteiger partial charge in [0.25, 0.3) is 10.0 Å². The van der Waals surface area contributed by atoms with E-state index in [1.807, 2.05) is 24.3 Å². The van der Waals surface area contributed by atoms with Crippen molar-refractivity contribution in [2.45, 2.75) is 11.3 Å². The summed E-state index contributed by atoms with van der Waals surface area (Å²) in [6, 6.07) is 26.4. The molecule has 2 N–H and O–H groups in total. The molecule has 0 unspecified atom stereocenters. The second kappa shape index (κ2) is 9.11. The number of amides is 1. The molecule has 4 aromatic carbocycles. The Morgan fingerprint density at radius 3 is 2.16 bits per heavy atom. The number of sulfonamides is 1. The van der Waals surface area contributed by atoms with Crippen LogP contribution in [-0.2, 0) is 21.2 Å². The van der Waals surface area contributed by atoms with Crippen molar-refractivity contribution in [2.75, 3.05) is 17.1 Å². The number of methoxy groups -OCH3 is 1. The first kappa shape index (κ1) is 21.4. The highest BCUT2D eigenvalue weighted by Gasteiger charge is 2.15. The lowest BCUT2D eigenvalue weighted by Crippen LogP contribution is -2.15. The van der Waals surface area contributed by atoms with E-state index in [9.17, 15) is 13.2 Å². The highest BCUT2D eigenvalue weighted by Crippen LogP contribution is 2.22. The van der Waals surface area contributed by atoms with Crippen LogP contribution < -0.4 is 14.8 Å². The van der Waals surface area contributed by atoms with E-state index in [0.29, 0.717) is 17.1 Å². The zero-order chi connectivity index (χ0) is 22.6. The SMILES string of the molecule is COc1ccc(NC(=O)Cc2ccc(NS(=O)(=O)c3ccc4ccccc4c3)cc2)cc1. The highest BCUT2D eigenvalue weighted by atomic mass is 32.2. The van der Waals surface area contributed by atoms with E-state index in [1.54, 1.807) is 73.8 Å². The minimum atomic E-state index is -3.73. The van der Waals surface area contributed by atoms with Crippen molar-refractivity contribution in [3.05, 3.63) is 96.6 Å². The molecule has 0 radical (unpaired) electrons. The van der Waals surface area contributed by atoms with Gasteiger partial charge in [-0.2, -0.15) is 0 Å². The largest absolute Gasteiger partial charge is 0.497 e. The van der Waals surface area contributed by atoms with Gasteiger partial charge in [0, 0.05) is 11.4 Å². The minimum Gasteiger partial charge on any atom is -0.497 e. The van der Waals surface area contributed by atoms with Gasteiger partial charge in [-0.15, -0.1) is 0 Å². The molecule has 0 heterocycles. The Balaban J connectivity index is 1.40. The van der Waals surface area contributed by atoms with Crippen LogP contribution in [0.1, 0.15) is 5.56 Å². The molecule has 6 nitrogen and oxygen atoms in total. The summed E-state index contributed by atoms with van der Waals surface area (Å²) in [5.41, 5.74) is 1.87. The summed E-state index contributed by atoms with van der Waals surface area (Å²) in [7, 11) is -2.14. The van der Waals surface area contributed by atoms with Crippen molar-refractivity contribution < 1.29 is 17.9 Å². The van der Waals surface area contributed by atoms with Crippen LogP contribution in [0.2, 0.25) is 0 Å². The maximum absolute atomic E-state index is 12.8. The highest BCUT2D eigenvalue weighted by molar-refractivity contribution is 7.92. The van der Waals surface area contributed by atoms with Gasteiger partial charge in [0.2, 0.25) is 5.91 Å². The van der Waals surface area contributed by atoms with Crippen LogP contribution in [0.5, 0.6) is 5.75 Å². The van der Waals surface area contributed by atoms with Crippen molar-refractivity contribution in [1.29, 1.82) is 0 Å². The molecule has 0 bridgehead atoms. The number of carbonyl (C=O) groups is 1. The smallest absolute Gasteiger partial charge is 0.261 e. The van der Waals surface area contributed by atoms with Crippen LogP contribution in [-0.4, -0.2) is 21.4 Å². The molecule has 162 valence electrons. The fraction of sp³-hybridized carbons (Fsp3) is 0.0800. The van der Waals surface area contributed by atoms with E-state index in [4.69, 9.17) is 4.74 Å². The molecule has 0 aliphatic heterocycles. The molecule has 0 aliphatic carbocycles. The summed E-state index contributed by atoms with van der Waals surface area (Å²) in [5.74, 6) is 0.546. The summed E-state index contributed by atoms with van der Waals surface area (Å²) in [5, 5.41) is 4.66. The monoisotopic (exact) mass is 446 g/mol. The maximum atomic E-state index is 12.8. The number of nitrogens with one attached hydrogen (secondary N) is 2. The van der Waals surface area contributed by atoms with E-state index < -0.39 is 10.0 Å². The Morgan fingerprint density at radius 1 is 0.812 bits per heavy atom. The van der Waals surface area contributed by atoms with Gasteiger partial charge in [-0.05, 0) is 64.9 Å². The lowest BCUT2D eigenvalue weighted by atomic mass is 10.1. The average molecular weight is 447 g/mol. The van der Waals surface area contributed by atoms with Crippen molar-refractivity contribution in [3.8, 4) is 5.75 Å². The van der Waals surface area contributed by atoms with Crippen LogP contribution in [0.3, 0.4) is 0 Å². The first-order valence-electron chi connectivity index (χ1n) is 9.97. The second-order valence-electron chi connectivity index (χ2n) is 7.26. The number of rotatable bonds is 7. The lowest BCUT2D eigenvalue weighted by molar-refractivity contribution is -0.115. The number of anilines is 2. The molecule has 32 heavy (non-hydrogen) atoms. The summed E-state index contributed by atoms with van der Waals surface area (Å²) in [6.45, 7) is 0. The van der Waals surface area contributed by atoms with E-state index >= 15 is 0 Å². The van der Waals surface area contributed by atoms with Gasteiger partial charge >= 0.3 is 0 Å². The lowest BCUT2D eigenvalue weighted by Gasteiger charge is -2.10. The third kappa shape index (κ3) is 5.07. The molecule has 0 saturated heterocycles. The molecule has 0 atom stereocenters. The normalized spacial score (nSPS) is 11.2. The Hall–Kier alpha value is -3.84. The number of carbonyl (C=O) groups excluding carboxylic acids is 1. The Morgan fingerprint density at radius 2 is 1.47 bits per heavy atom. The molecule has 0 saturated carbocycles. The van der Waals surface area contributed by atoms with E-state index in [2.05, 4.69) is 10.0 Å². The first-order valence-corrected chi connectivity index (χ1v) is 11.5. The zero-order valence-corrected chi connectivity index (χ0v) is 18.2. The van der Waals surface area contributed by atoms with Gasteiger partial charge in [0.05, 0.1) is 18.4 Å². The quantitative estimate of drug-likeness (QED) is 0.426. The van der Waals surface area contributed by atoms with Crippen LogP contribution in [0.25, 0.3) is 10.8 Å². The zero-order valence-electron chi connectivity index (χ0n) is 17.4. The van der Waals surface area contributed by atoms with Gasteiger partial charge in [-0.1, -0.05) is 42.5 Å². The topological polar surface area (TPSA) is 84.5 Å². The molecule has 0 aliphatic rings. The third-order valence-electron chi connectivity index (χ3n) is 4.98. The van der Waals surface area contributed by atoms with Crippen LogP contribution in [0.4, 0.5) is 11.4 Å². The van der Waals surface area contributed by atoms with Gasteiger partial charge in [-0.3, -0.25) is 9.52 Å². The van der Waals surface area contributed by atoms with E-state index in [1.165, 1.54) is 0 Å². The number of fused-ring (bicyclic) bond motifs is 1. The Kier molecular flexibility index (Phi) is 6.09. The summed E-state index contributed by atoms with van der Waals surface area (Å²) in [4.78, 5) is 12.5. The number of benzene rings is 4.